The van der Waals surface area contributed by atoms with E-state index in [0.29, 0.717) is 12.8 Å². The lowest BCUT2D eigenvalue weighted by Gasteiger charge is -2.04. The van der Waals surface area contributed by atoms with Gasteiger partial charge in [-0.25, -0.2) is 0 Å². The molecule has 3 heteroatoms. The van der Waals surface area contributed by atoms with Gasteiger partial charge in [0.05, 0.1) is 0 Å². The highest BCUT2D eigenvalue weighted by molar-refractivity contribution is 5.85. The van der Waals surface area contributed by atoms with Crippen molar-refractivity contribution >= 4 is 11.9 Å². The summed E-state index contributed by atoms with van der Waals surface area (Å²) in [5, 5.41) is 0. The second-order valence-corrected chi connectivity index (χ2v) is 9.41. The van der Waals surface area contributed by atoms with Crippen LogP contribution in [0.1, 0.15) is 155 Å². The monoisotopic (exact) mass is 462 g/mol. The molecule has 3 nitrogen and oxygen atoms in total. The fourth-order valence-corrected chi connectivity index (χ4v) is 3.89. The van der Waals surface area contributed by atoms with Crippen LogP contribution in [0, 0.1) is 0 Å². The number of carbonyl (C=O) groups excluding carboxylic acids is 2. The van der Waals surface area contributed by atoms with Crippen molar-refractivity contribution in [1.82, 2.24) is 0 Å². The Morgan fingerprint density at radius 1 is 0.485 bits per heavy atom. The van der Waals surface area contributed by atoms with Gasteiger partial charge in [-0.15, -0.1) is 0 Å². The van der Waals surface area contributed by atoms with Crippen molar-refractivity contribution in [3.63, 3.8) is 0 Å². The molecule has 0 aliphatic heterocycles. The molecular weight excluding hydrogens is 408 g/mol. The van der Waals surface area contributed by atoms with E-state index in [1.807, 2.05) is 0 Å². The number of carbonyl (C=O) groups is 2. The highest BCUT2D eigenvalue weighted by atomic mass is 16.6. The van der Waals surface area contributed by atoms with Gasteiger partial charge in [-0.2, -0.15) is 0 Å². The Morgan fingerprint density at radius 2 is 0.848 bits per heavy atom. The molecule has 0 heterocycles. The first-order valence-corrected chi connectivity index (χ1v) is 14.2. The molecule has 0 amide bonds. The molecule has 0 aliphatic carbocycles. The van der Waals surface area contributed by atoms with E-state index in [-0.39, 0.29) is 11.9 Å². The highest BCUT2D eigenvalue weighted by Crippen LogP contribution is 2.12. The summed E-state index contributed by atoms with van der Waals surface area (Å²) in [6.45, 7) is 4.48. The van der Waals surface area contributed by atoms with Crippen LogP contribution < -0.4 is 0 Å². The van der Waals surface area contributed by atoms with E-state index in [1.165, 1.54) is 83.5 Å². The smallest absolute Gasteiger partial charge is 0.313 e. The Morgan fingerprint density at radius 3 is 1.33 bits per heavy atom. The van der Waals surface area contributed by atoms with E-state index in [4.69, 9.17) is 4.74 Å². The van der Waals surface area contributed by atoms with Crippen molar-refractivity contribution in [2.75, 3.05) is 0 Å². The van der Waals surface area contributed by atoms with Gasteiger partial charge in [-0.1, -0.05) is 122 Å². The molecule has 0 aromatic heterocycles. The van der Waals surface area contributed by atoms with Crippen LogP contribution in [0.4, 0.5) is 0 Å². The number of ether oxygens (including phenoxy) is 1. The SMILES string of the molecule is CCCCC/C=C\C/C=C\CCCCCCCC(=O)OC(=O)CCCCCCCCCCC. The minimum absolute atomic E-state index is 0.342. The zero-order valence-corrected chi connectivity index (χ0v) is 22.1. The molecule has 0 N–H and O–H groups in total. The predicted molar refractivity (Wildman–Crippen MR) is 142 cm³/mol. The molecule has 0 radical (unpaired) electrons. The fourth-order valence-electron chi connectivity index (χ4n) is 3.89. The van der Waals surface area contributed by atoms with Crippen molar-refractivity contribution in [2.45, 2.75) is 155 Å². The Balaban J connectivity index is 3.39. The molecule has 0 bridgehead atoms. The van der Waals surface area contributed by atoms with E-state index >= 15 is 0 Å². The summed E-state index contributed by atoms with van der Waals surface area (Å²) in [5.41, 5.74) is 0. The topological polar surface area (TPSA) is 43.4 Å². The summed E-state index contributed by atoms with van der Waals surface area (Å²) in [4.78, 5) is 23.6. The van der Waals surface area contributed by atoms with Gasteiger partial charge >= 0.3 is 11.9 Å². The van der Waals surface area contributed by atoms with Crippen LogP contribution in [0.5, 0.6) is 0 Å². The number of allylic oxidation sites excluding steroid dienone is 4. The quantitative estimate of drug-likeness (QED) is 0.0620. The van der Waals surface area contributed by atoms with E-state index < -0.39 is 0 Å². The zero-order valence-electron chi connectivity index (χ0n) is 22.1. The van der Waals surface area contributed by atoms with Crippen LogP contribution in [0.3, 0.4) is 0 Å². The molecular formula is C30H54O3. The Bertz CT molecular complexity index is 493. The summed E-state index contributed by atoms with van der Waals surface area (Å²) in [7, 11) is 0. The maximum atomic E-state index is 11.8. The van der Waals surface area contributed by atoms with Gasteiger partial charge in [0, 0.05) is 12.8 Å². The molecule has 0 atom stereocenters. The molecule has 0 aromatic carbocycles. The van der Waals surface area contributed by atoms with E-state index in [1.54, 1.807) is 0 Å². The number of rotatable bonds is 24. The number of esters is 2. The molecule has 0 saturated carbocycles. The molecule has 0 saturated heterocycles. The molecule has 0 rings (SSSR count). The van der Waals surface area contributed by atoms with Crippen LogP contribution >= 0.6 is 0 Å². The minimum Gasteiger partial charge on any atom is -0.393 e. The Kier molecular flexibility index (Phi) is 25.7. The normalized spacial score (nSPS) is 11.6. The van der Waals surface area contributed by atoms with Gasteiger partial charge in [0.1, 0.15) is 0 Å². The Labute approximate surface area is 205 Å². The lowest BCUT2D eigenvalue weighted by atomic mass is 10.1. The molecule has 0 spiro atoms. The van der Waals surface area contributed by atoms with E-state index in [2.05, 4.69) is 38.2 Å². The van der Waals surface area contributed by atoms with Crippen molar-refractivity contribution in [3.8, 4) is 0 Å². The maximum Gasteiger partial charge on any atom is 0.313 e. The Hall–Kier alpha value is -1.38. The molecule has 33 heavy (non-hydrogen) atoms. The van der Waals surface area contributed by atoms with Gasteiger partial charge in [0.15, 0.2) is 0 Å². The standard InChI is InChI=1S/C30H54O3/c1-3-5-7-9-11-13-14-15-16-17-18-20-22-24-26-28-30(32)33-29(31)27-25-23-21-19-12-10-8-6-4-2/h11,13,15-16H,3-10,12,14,17-28H2,1-2H3/b13-11-,16-15-. The van der Waals surface area contributed by atoms with Gasteiger partial charge in [0.2, 0.25) is 0 Å². The highest BCUT2D eigenvalue weighted by Gasteiger charge is 2.09. The molecule has 0 aliphatic rings. The van der Waals surface area contributed by atoms with Crippen LogP contribution in [-0.2, 0) is 14.3 Å². The minimum atomic E-state index is -0.346. The van der Waals surface area contributed by atoms with E-state index in [0.717, 1.165) is 44.9 Å². The number of hydrogen-bond donors (Lipinski definition) is 0. The molecule has 0 aromatic rings. The lowest BCUT2D eigenvalue weighted by molar-refractivity contribution is -0.159. The largest absolute Gasteiger partial charge is 0.393 e. The summed E-state index contributed by atoms with van der Waals surface area (Å²) in [6, 6.07) is 0. The average Bonchev–Trinajstić information content (AvgIpc) is 2.80. The summed E-state index contributed by atoms with van der Waals surface area (Å²) < 4.78 is 4.95. The van der Waals surface area contributed by atoms with Crippen molar-refractivity contribution in [1.29, 1.82) is 0 Å². The van der Waals surface area contributed by atoms with Gasteiger partial charge in [-0.3, -0.25) is 9.59 Å². The first-order valence-electron chi connectivity index (χ1n) is 14.2. The second-order valence-electron chi connectivity index (χ2n) is 9.41. The van der Waals surface area contributed by atoms with E-state index in [9.17, 15) is 9.59 Å². The first kappa shape index (κ1) is 31.6. The number of hydrogen-bond acceptors (Lipinski definition) is 3. The van der Waals surface area contributed by atoms with Crippen LogP contribution in [0.15, 0.2) is 24.3 Å². The summed E-state index contributed by atoms with van der Waals surface area (Å²) in [6.07, 6.45) is 33.5. The number of unbranched alkanes of at least 4 members (excludes halogenated alkanes) is 16. The summed E-state index contributed by atoms with van der Waals surface area (Å²) in [5.74, 6) is -0.688. The lowest BCUT2D eigenvalue weighted by Crippen LogP contribution is -2.11. The zero-order chi connectivity index (χ0) is 24.2. The second kappa shape index (κ2) is 26.9. The van der Waals surface area contributed by atoms with Crippen LogP contribution in [0.25, 0.3) is 0 Å². The maximum absolute atomic E-state index is 11.8. The van der Waals surface area contributed by atoms with Crippen LogP contribution in [0.2, 0.25) is 0 Å². The third kappa shape index (κ3) is 26.8. The first-order chi connectivity index (χ1) is 16.2. The van der Waals surface area contributed by atoms with Gasteiger partial charge in [0.25, 0.3) is 0 Å². The molecule has 0 fully saturated rings. The fraction of sp³-hybridized carbons (Fsp3) is 0.800. The van der Waals surface area contributed by atoms with Crippen molar-refractivity contribution in [2.24, 2.45) is 0 Å². The third-order valence-corrected chi connectivity index (χ3v) is 6.04. The van der Waals surface area contributed by atoms with Gasteiger partial charge in [-0.05, 0) is 44.9 Å². The van der Waals surface area contributed by atoms with Crippen LogP contribution in [-0.4, -0.2) is 11.9 Å². The predicted octanol–water partition coefficient (Wildman–Crippen LogP) is 9.79. The van der Waals surface area contributed by atoms with Crippen molar-refractivity contribution < 1.29 is 14.3 Å². The average molecular weight is 463 g/mol. The molecule has 0 unspecified atom stereocenters. The van der Waals surface area contributed by atoms with Gasteiger partial charge < -0.3 is 4.74 Å². The molecule has 192 valence electrons. The summed E-state index contributed by atoms with van der Waals surface area (Å²) >= 11 is 0. The third-order valence-electron chi connectivity index (χ3n) is 6.04. The van der Waals surface area contributed by atoms with Crippen molar-refractivity contribution in [3.05, 3.63) is 24.3 Å².